The van der Waals surface area contributed by atoms with Crippen molar-refractivity contribution >= 4 is 0 Å². The number of rotatable bonds is 7. The third kappa shape index (κ3) is 4.29. The number of hydrogen-bond acceptors (Lipinski definition) is 2. The van der Waals surface area contributed by atoms with Gasteiger partial charge in [0.15, 0.2) is 18.4 Å². The van der Waals surface area contributed by atoms with Gasteiger partial charge in [-0.25, -0.2) is 4.57 Å². The zero-order valence-electron chi connectivity index (χ0n) is 13.0. The molecule has 112 valence electrons. The molecule has 1 aliphatic heterocycles. The van der Waals surface area contributed by atoms with E-state index in [4.69, 9.17) is 4.74 Å². The van der Waals surface area contributed by atoms with Crippen LogP contribution in [0.3, 0.4) is 0 Å². The maximum absolute atomic E-state index is 5.80. The Labute approximate surface area is 123 Å². The summed E-state index contributed by atoms with van der Waals surface area (Å²) in [6, 6.07) is 5.08. The first-order chi connectivity index (χ1) is 9.85. The van der Waals surface area contributed by atoms with Crippen molar-refractivity contribution in [1.29, 1.82) is 0 Å². The summed E-state index contributed by atoms with van der Waals surface area (Å²) in [6.45, 7) is 7.26. The summed E-state index contributed by atoms with van der Waals surface area (Å²) in [5.74, 6) is 0. The topological polar surface area (TPSA) is 25.1 Å². The highest BCUT2D eigenvalue weighted by molar-refractivity contribution is 5.12. The minimum Gasteiger partial charge on any atom is -0.371 e. The van der Waals surface area contributed by atoms with Crippen molar-refractivity contribution in [2.75, 3.05) is 19.7 Å². The van der Waals surface area contributed by atoms with E-state index < -0.39 is 0 Å². The largest absolute Gasteiger partial charge is 0.371 e. The van der Waals surface area contributed by atoms with Crippen molar-refractivity contribution < 1.29 is 9.30 Å². The zero-order chi connectivity index (χ0) is 14.2. The van der Waals surface area contributed by atoms with Crippen molar-refractivity contribution in [3.8, 4) is 0 Å². The summed E-state index contributed by atoms with van der Waals surface area (Å²) < 4.78 is 8.17. The molecule has 0 radical (unpaired) electrons. The maximum atomic E-state index is 5.80. The summed E-state index contributed by atoms with van der Waals surface area (Å²) >= 11 is 0. The molecule has 1 N–H and O–H groups in total. The Balaban J connectivity index is 1.94. The second-order valence-corrected chi connectivity index (χ2v) is 5.70. The zero-order valence-corrected chi connectivity index (χ0v) is 13.0. The monoisotopic (exact) mass is 277 g/mol. The minimum atomic E-state index is 0.221. The van der Waals surface area contributed by atoms with Gasteiger partial charge >= 0.3 is 0 Å². The van der Waals surface area contributed by atoms with Gasteiger partial charge in [-0.05, 0) is 12.0 Å². The van der Waals surface area contributed by atoms with E-state index in [1.807, 2.05) is 0 Å². The van der Waals surface area contributed by atoms with E-state index >= 15 is 0 Å². The van der Waals surface area contributed by atoms with Gasteiger partial charge in [-0.1, -0.05) is 26.7 Å². The first-order valence-electron chi connectivity index (χ1n) is 8.18. The highest BCUT2D eigenvalue weighted by Gasteiger charge is 2.19. The number of aromatic nitrogens is 1. The third-order valence-corrected chi connectivity index (χ3v) is 4.21. The van der Waals surface area contributed by atoms with E-state index in [9.17, 15) is 0 Å². The molecule has 0 aliphatic carbocycles. The minimum absolute atomic E-state index is 0.221. The van der Waals surface area contributed by atoms with E-state index in [1.165, 1.54) is 37.7 Å². The van der Waals surface area contributed by atoms with Gasteiger partial charge in [0.05, 0.1) is 12.7 Å². The molecule has 3 nitrogen and oxygen atoms in total. The fraction of sp³-hybridized carbons (Fsp3) is 0.706. The second-order valence-electron chi connectivity index (χ2n) is 5.70. The molecule has 1 saturated heterocycles. The van der Waals surface area contributed by atoms with Crippen LogP contribution >= 0.6 is 0 Å². The number of nitrogens with one attached hydrogen (secondary N) is 1. The van der Waals surface area contributed by atoms with Gasteiger partial charge in [-0.2, -0.15) is 0 Å². The second kappa shape index (κ2) is 8.38. The average Bonchev–Trinajstić information content (AvgIpc) is 2.53. The SMILES string of the molecule is CCCCCC(CC)[n+]1ccc(C2CNCCO2)cc1. The quantitative estimate of drug-likeness (QED) is 0.612. The highest BCUT2D eigenvalue weighted by Crippen LogP contribution is 2.18. The van der Waals surface area contributed by atoms with Gasteiger partial charge in [-0.3, -0.25) is 0 Å². The molecule has 0 bridgehead atoms. The van der Waals surface area contributed by atoms with Crippen molar-refractivity contribution in [1.82, 2.24) is 5.32 Å². The number of morpholine rings is 1. The number of nitrogens with zero attached hydrogens (tertiary/aromatic N) is 1. The van der Waals surface area contributed by atoms with E-state index in [0.717, 1.165) is 19.7 Å². The van der Waals surface area contributed by atoms with Crippen LogP contribution in [0, 0.1) is 0 Å². The van der Waals surface area contributed by atoms with Crippen LogP contribution in [0.5, 0.6) is 0 Å². The number of hydrogen-bond donors (Lipinski definition) is 1. The molecule has 0 saturated carbocycles. The number of pyridine rings is 1. The fourth-order valence-electron chi connectivity index (χ4n) is 2.88. The summed E-state index contributed by atoms with van der Waals surface area (Å²) in [5.41, 5.74) is 1.29. The van der Waals surface area contributed by atoms with Gasteiger partial charge in [0, 0.05) is 38.1 Å². The Kier molecular flexibility index (Phi) is 6.48. The molecule has 0 aromatic carbocycles. The number of unbranched alkanes of at least 4 members (excludes halogenated alkanes) is 2. The molecule has 2 rings (SSSR count). The molecule has 0 amide bonds. The van der Waals surface area contributed by atoms with Gasteiger partial charge < -0.3 is 10.1 Å². The molecular weight excluding hydrogens is 248 g/mol. The van der Waals surface area contributed by atoms with Crippen LogP contribution in [-0.2, 0) is 4.74 Å². The molecule has 1 fully saturated rings. The van der Waals surface area contributed by atoms with Crippen LogP contribution in [0.2, 0.25) is 0 Å². The van der Waals surface area contributed by atoms with Crippen molar-refractivity contribution in [3.63, 3.8) is 0 Å². The van der Waals surface area contributed by atoms with Crippen LogP contribution in [0.1, 0.15) is 63.7 Å². The molecule has 1 aromatic rings. The maximum Gasteiger partial charge on any atom is 0.169 e. The Morgan fingerprint density at radius 3 is 2.70 bits per heavy atom. The molecular formula is C17H29N2O+. The smallest absolute Gasteiger partial charge is 0.169 e. The van der Waals surface area contributed by atoms with E-state index in [1.54, 1.807) is 0 Å². The normalized spacial score (nSPS) is 20.8. The van der Waals surface area contributed by atoms with Gasteiger partial charge in [0.1, 0.15) is 0 Å². The van der Waals surface area contributed by atoms with Crippen LogP contribution < -0.4 is 9.88 Å². The van der Waals surface area contributed by atoms with E-state index in [-0.39, 0.29) is 6.10 Å². The number of ether oxygens (including phenoxy) is 1. The van der Waals surface area contributed by atoms with Crippen LogP contribution in [0.25, 0.3) is 0 Å². The van der Waals surface area contributed by atoms with Crippen molar-refractivity contribution in [2.45, 2.75) is 58.1 Å². The van der Waals surface area contributed by atoms with E-state index in [0.29, 0.717) is 6.04 Å². The summed E-state index contributed by atoms with van der Waals surface area (Å²) in [7, 11) is 0. The van der Waals surface area contributed by atoms with Crippen molar-refractivity contribution in [3.05, 3.63) is 30.1 Å². The predicted molar refractivity (Wildman–Crippen MR) is 81.7 cm³/mol. The van der Waals surface area contributed by atoms with E-state index in [2.05, 4.69) is 48.3 Å². The Morgan fingerprint density at radius 2 is 2.10 bits per heavy atom. The summed E-state index contributed by atoms with van der Waals surface area (Å²) in [6.07, 6.45) is 11.1. The fourth-order valence-corrected chi connectivity index (χ4v) is 2.88. The lowest BCUT2D eigenvalue weighted by Gasteiger charge is -2.23. The predicted octanol–water partition coefficient (Wildman–Crippen LogP) is 3.17. The highest BCUT2D eigenvalue weighted by atomic mass is 16.5. The molecule has 20 heavy (non-hydrogen) atoms. The first-order valence-corrected chi connectivity index (χ1v) is 8.18. The van der Waals surface area contributed by atoms with Gasteiger partial charge in [0.2, 0.25) is 0 Å². The third-order valence-electron chi connectivity index (χ3n) is 4.21. The Hall–Kier alpha value is -0.930. The Morgan fingerprint density at radius 1 is 1.30 bits per heavy atom. The molecule has 1 aliphatic rings. The van der Waals surface area contributed by atoms with Crippen LogP contribution in [0.15, 0.2) is 24.5 Å². The van der Waals surface area contributed by atoms with Crippen LogP contribution in [0.4, 0.5) is 0 Å². The molecule has 3 heteroatoms. The molecule has 2 atom stereocenters. The molecule has 1 aromatic heterocycles. The molecule has 2 heterocycles. The van der Waals surface area contributed by atoms with Gasteiger partial charge in [-0.15, -0.1) is 0 Å². The lowest BCUT2D eigenvalue weighted by molar-refractivity contribution is -0.724. The first kappa shape index (κ1) is 15.5. The summed E-state index contributed by atoms with van der Waals surface area (Å²) in [4.78, 5) is 0. The standard InChI is InChI=1S/C17H29N2O/c1-3-5-6-7-16(4-2)19-11-8-15(9-12-19)17-14-18-10-13-20-17/h8-9,11-12,16-18H,3-7,10,13-14H2,1-2H3/q+1. The molecule has 0 spiro atoms. The van der Waals surface area contributed by atoms with Crippen LogP contribution in [-0.4, -0.2) is 19.7 Å². The average molecular weight is 277 g/mol. The lowest BCUT2D eigenvalue weighted by Crippen LogP contribution is -2.39. The lowest BCUT2D eigenvalue weighted by atomic mass is 10.1. The molecule has 2 unspecified atom stereocenters. The van der Waals surface area contributed by atoms with Crippen molar-refractivity contribution in [2.24, 2.45) is 0 Å². The summed E-state index contributed by atoms with van der Waals surface area (Å²) in [5, 5.41) is 3.38. The van der Waals surface area contributed by atoms with Gasteiger partial charge in [0.25, 0.3) is 0 Å². The Bertz CT molecular complexity index is 371.